The van der Waals surface area contributed by atoms with Gasteiger partial charge in [-0.15, -0.1) is 0 Å². The van der Waals surface area contributed by atoms with Crippen molar-refractivity contribution >= 4 is 12.0 Å². The molecule has 0 unspecified atom stereocenters. The molecule has 0 aliphatic carbocycles. The Labute approximate surface area is 178 Å². The highest BCUT2D eigenvalue weighted by molar-refractivity contribution is 5.91. The molecule has 156 valence electrons. The Hall–Kier alpha value is -3.11. The predicted molar refractivity (Wildman–Crippen MR) is 123 cm³/mol. The molecule has 3 aromatic rings. The van der Waals surface area contributed by atoms with Crippen LogP contribution in [0, 0.1) is 13.8 Å². The predicted octanol–water partition coefficient (Wildman–Crippen LogP) is 5.35. The number of carboxylic acid groups (broad SMARTS) is 1. The minimum absolute atomic E-state index is 0.407. The molecule has 0 radical (unpaired) electrons. The highest BCUT2D eigenvalue weighted by Crippen LogP contribution is 2.24. The van der Waals surface area contributed by atoms with Gasteiger partial charge in [0.2, 0.25) is 0 Å². The summed E-state index contributed by atoms with van der Waals surface area (Å²) in [4.78, 5) is 12.0. The summed E-state index contributed by atoms with van der Waals surface area (Å²) in [6.07, 6.45) is 2.84. The van der Waals surface area contributed by atoms with Crippen LogP contribution in [0.2, 0.25) is 0 Å². The van der Waals surface area contributed by atoms with Gasteiger partial charge in [-0.05, 0) is 42.5 Å². The number of benzene rings is 2. The van der Waals surface area contributed by atoms with E-state index in [1.807, 2.05) is 32.1 Å². The molecule has 0 saturated carbocycles. The molecular weight excluding hydrogens is 372 g/mol. The first-order valence-electron chi connectivity index (χ1n) is 10.4. The van der Waals surface area contributed by atoms with Crippen LogP contribution in [0.4, 0.5) is 0 Å². The molecular formula is C26H30N2O2. The van der Waals surface area contributed by atoms with Crippen molar-refractivity contribution in [2.45, 2.75) is 46.8 Å². The van der Waals surface area contributed by atoms with E-state index in [0.717, 1.165) is 34.5 Å². The van der Waals surface area contributed by atoms with Crippen molar-refractivity contribution < 1.29 is 9.90 Å². The van der Waals surface area contributed by atoms with Gasteiger partial charge in [0.1, 0.15) is 0 Å². The molecule has 0 fully saturated rings. The smallest absolute Gasteiger partial charge is 0.337 e. The lowest BCUT2D eigenvalue weighted by molar-refractivity contribution is 0.0694. The zero-order valence-electron chi connectivity index (χ0n) is 18.0. The number of rotatable bonds is 9. The highest BCUT2D eigenvalue weighted by Gasteiger charge is 2.22. The SMILES string of the molecule is C=Cc1ccc(Cn2c(C)c(CNCc3ccc(CC)cc3)c(C(=O)O)c2C)cc1. The van der Waals surface area contributed by atoms with Gasteiger partial charge < -0.3 is 15.0 Å². The van der Waals surface area contributed by atoms with Gasteiger partial charge in [0.05, 0.1) is 5.56 Å². The first-order chi connectivity index (χ1) is 14.4. The van der Waals surface area contributed by atoms with E-state index in [4.69, 9.17) is 0 Å². The molecule has 3 rings (SSSR count). The van der Waals surface area contributed by atoms with Crippen molar-refractivity contribution in [3.05, 3.63) is 99.9 Å². The van der Waals surface area contributed by atoms with E-state index in [-0.39, 0.29) is 0 Å². The van der Waals surface area contributed by atoms with Crippen LogP contribution in [0.3, 0.4) is 0 Å². The van der Waals surface area contributed by atoms with Crippen LogP contribution in [0.5, 0.6) is 0 Å². The van der Waals surface area contributed by atoms with Gasteiger partial charge in [0.25, 0.3) is 0 Å². The molecule has 0 bridgehead atoms. The lowest BCUT2D eigenvalue weighted by Crippen LogP contribution is -2.15. The van der Waals surface area contributed by atoms with Crippen LogP contribution < -0.4 is 5.32 Å². The van der Waals surface area contributed by atoms with Crippen LogP contribution in [-0.2, 0) is 26.1 Å². The Morgan fingerprint density at radius 3 is 2.13 bits per heavy atom. The van der Waals surface area contributed by atoms with Crippen molar-refractivity contribution in [2.75, 3.05) is 0 Å². The third-order valence-electron chi connectivity index (χ3n) is 5.74. The zero-order chi connectivity index (χ0) is 21.7. The summed E-state index contributed by atoms with van der Waals surface area (Å²) < 4.78 is 2.10. The van der Waals surface area contributed by atoms with Gasteiger partial charge in [0, 0.05) is 36.6 Å². The zero-order valence-corrected chi connectivity index (χ0v) is 18.0. The molecule has 2 aromatic carbocycles. The van der Waals surface area contributed by atoms with E-state index in [2.05, 4.69) is 59.8 Å². The standard InChI is InChI=1S/C26H30N2O2/c1-5-20-7-11-22(12-8-20)15-27-16-24-18(3)28(19(4)25(24)26(29)30)17-23-13-9-21(6-2)10-14-23/h6-14,27H,2,5,15-17H2,1,3-4H3,(H,29,30). The fraction of sp³-hybridized carbons (Fsp3) is 0.269. The number of aromatic nitrogens is 1. The number of carbonyl (C=O) groups is 1. The van der Waals surface area contributed by atoms with Crippen molar-refractivity contribution in [3.63, 3.8) is 0 Å². The molecule has 1 heterocycles. The Bertz CT molecular complexity index is 1030. The Morgan fingerprint density at radius 2 is 1.57 bits per heavy atom. The number of aryl methyl sites for hydroxylation is 1. The number of hydrogen-bond acceptors (Lipinski definition) is 2. The van der Waals surface area contributed by atoms with E-state index >= 15 is 0 Å². The molecule has 30 heavy (non-hydrogen) atoms. The molecule has 4 heteroatoms. The molecule has 0 amide bonds. The second-order valence-corrected chi connectivity index (χ2v) is 7.63. The Kier molecular flexibility index (Phi) is 6.91. The molecule has 0 aliphatic heterocycles. The minimum atomic E-state index is -0.875. The minimum Gasteiger partial charge on any atom is -0.478 e. The third kappa shape index (κ3) is 4.71. The topological polar surface area (TPSA) is 54.3 Å². The monoisotopic (exact) mass is 402 g/mol. The van der Waals surface area contributed by atoms with Crippen LogP contribution >= 0.6 is 0 Å². The normalized spacial score (nSPS) is 10.9. The Morgan fingerprint density at radius 1 is 0.967 bits per heavy atom. The number of nitrogens with zero attached hydrogens (tertiary/aromatic N) is 1. The van der Waals surface area contributed by atoms with Crippen LogP contribution in [0.25, 0.3) is 6.08 Å². The van der Waals surface area contributed by atoms with Crippen molar-refractivity contribution in [3.8, 4) is 0 Å². The van der Waals surface area contributed by atoms with Crippen molar-refractivity contribution in [1.82, 2.24) is 9.88 Å². The quantitative estimate of drug-likeness (QED) is 0.507. The molecule has 4 nitrogen and oxygen atoms in total. The summed E-state index contributed by atoms with van der Waals surface area (Å²) in [5.74, 6) is -0.875. The maximum absolute atomic E-state index is 12.0. The second kappa shape index (κ2) is 9.59. The molecule has 2 N–H and O–H groups in total. The van der Waals surface area contributed by atoms with Gasteiger partial charge in [-0.25, -0.2) is 4.79 Å². The van der Waals surface area contributed by atoms with Crippen molar-refractivity contribution in [2.24, 2.45) is 0 Å². The first-order valence-corrected chi connectivity index (χ1v) is 10.4. The number of hydrogen-bond donors (Lipinski definition) is 2. The molecule has 0 spiro atoms. The third-order valence-corrected chi connectivity index (χ3v) is 5.74. The molecule has 0 saturated heterocycles. The number of nitrogens with one attached hydrogen (secondary N) is 1. The number of carboxylic acids is 1. The summed E-state index contributed by atoms with van der Waals surface area (Å²) in [6, 6.07) is 16.7. The maximum atomic E-state index is 12.0. The van der Waals surface area contributed by atoms with Crippen molar-refractivity contribution in [1.29, 1.82) is 0 Å². The second-order valence-electron chi connectivity index (χ2n) is 7.63. The van der Waals surface area contributed by atoms with Gasteiger partial charge in [-0.3, -0.25) is 0 Å². The summed E-state index contributed by atoms with van der Waals surface area (Å²) in [6.45, 7) is 11.7. The largest absolute Gasteiger partial charge is 0.478 e. The average Bonchev–Trinajstić information content (AvgIpc) is 2.99. The van der Waals surface area contributed by atoms with Crippen LogP contribution in [0.15, 0.2) is 55.1 Å². The summed E-state index contributed by atoms with van der Waals surface area (Å²) >= 11 is 0. The van der Waals surface area contributed by atoms with E-state index in [0.29, 0.717) is 25.2 Å². The molecule has 0 atom stereocenters. The average molecular weight is 403 g/mol. The van der Waals surface area contributed by atoms with Gasteiger partial charge >= 0.3 is 5.97 Å². The van der Waals surface area contributed by atoms with E-state index in [1.165, 1.54) is 11.1 Å². The van der Waals surface area contributed by atoms with E-state index < -0.39 is 5.97 Å². The molecule has 1 aromatic heterocycles. The maximum Gasteiger partial charge on any atom is 0.337 e. The summed E-state index contributed by atoms with van der Waals surface area (Å²) in [5, 5.41) is 13.3. The number of aromatic carboxylic acids is 1. The Balaban J connectivity index is 1.79. The van der Waals surface area contributed by atoms with Crippen LogP contribution in [-0.4, -0.2) is 15.6 Å². The fourth-order valence-electron chi connectivity index (χ4n) is 3.85. The van der Waals surface area contributed by atoms with Crippen LogP contribution in [0.1, 0.15) is 56.5 Å². The van der Waals surface area contributed by atoms with Gasteiger partial charge in [-0.2, -0.15) is 0 Å². The lowest BCUT2D eigenvalue weighted by Gasteiger charge is -2.11. The lowest BCUT2D eigenvalue weighted by atomic mass is 10.1. The van der Waals surface area contributed by atoms with E-state index in [1.54, 1.807) is 0 Å². The van der Waals surface area contributed by atoms with E-state index in [9.17, 15) is 9.90 Å². The molecule has 0 aliphatic rings. The highest BCUT2D eigenvalue weighted by atomic mass is 16.4. The first kappa shape index (κ1) is 21.6. The van der Waals surface area contributed by atoms with Gasteiger partial charge in [0.15, 0.2) is 0 Å². The fourth-order valence-corrected chi connectivity index (χ4v) is 3.85. The summed E-state index contributed by atoms with van der Waals surface area (Å²) in [7, 11) is 0. The summed E-state index contributed by atoms with van der Waals surface area (Å²) in [5.41, 5.74) is 7.76. The van der Waals surface area contributed by atoms with Gasteiger partial charge in [-0.1, -0.05) is 68.1 Å².